The number of hydrogen-bond acceptors (Lipinski definition) is 11. The second kappa shape index (κ2) is 14.6. The lowest BCUT2D eigenvalue weighted by Gasteiger charge is -2.44. The van der Waals surface area contributed by atoms with Crippen LogP contribution in [0.2, 0.25) is 5.02 Å². The SMILES string of the molecule is CC(=O)OCC1OC(Oc2ccc(Cl)cc2C(=O)NC(C)c2ccccc2)C(OC(C)=O)C(OC(C)=O)C1OC(C)=O. The average molecular weight is 606 g/mol. The predicted octanol–water partition coefficient (Wildman–Crippen LogP) is 3.29. The van der Waals surface area contributed by atoms with Gasteiger partial charge >= 0.3 is 23.9 Å². The largest absolute Gasteiger partial charge is 0.463 e. The minimum absolute atomic E-state index is 0.0157. The van der Waals surface area contributed by atoms with Crippen molar-refractivity contribution in [2.24, 2.45) is 0 Å². The van der Waals surface area contributed by atoms with Crippen LogP contribution in [-0.4, -0.2) is 67.1 Å². The molecule has 6 atom stereocenters. The van der Waals surface area contributed by atoms with Crippen LogP contribution in [0.1, 0.15) is 56.6 Å². The number of esters is 4. The highest BCUT2D eigenvalue weighted by atomic mass is 35.5. The van der Waals surface area contributed by atoms with Crippen molar-refractivity contribution in [2.75, 3.05) is 6.61 Å². The first-order chi connectivity index (χ1) is 19.8. The van der Waals surface area contributed by atoms with Crippen molar-refractivity contribution in [3.63, 3.8) is 0 Å². The van der Waals surface area contributed by atoms with E-state index in [0.29, 0.717) is 0 Å². The number of benzene rings is 2. The van der Waals surface area contributed by atoms with Crippen LogP contribution in [0.4, 0.5) is 0 Å². The number of carbonyl (C=O) groups is 5. The summed E-state index contributed by atoms with van der Waals surface area (Å²) in [4.78, 5) is 61.1. The van der Waals surface area contributed by atoms with Gasteiger partial charge in [0.1, 0.15) is 18.5 Å². The fraction of sp³-hybridized carbons (Fsp3) is 0.414. The molecule has 0 aromatic heterocycles. The maximum absolute atomic E-state index is 13.4. The lowest BCUT2D eigenvalue weighted by Crippen LogP contribution is -2.63. The van der Waals surface area contributed by atoms with Gasteiger partial charge < -0.3 is 33.7 Å². The Balaban J connectivity index is 2.00. The molecule has 3 rings (SSSR count). The summed E-state index contributed by atoms with van der Waals surface area (Å²) in [7, 11) is 0. The molecule has 2 aromatic carbocycles. The van der Waals surface area contributed by atoms with Gasteiger partial charge in [0.05, 0.1) is 11.6 Å². The number of ether oxygens (including phenoxy) is 6. The fourth-order valence-corrected chi connectivity index (χ4v) is 4.46. The Hall–Kier alpha value is -4.16. The first-order valence-electron chi connectivity index (χ1n) is 13.0. The Morgan fingerprint density at radius 3 is 2.02 bits per heavy atom. The maximum atomic E-state index is 13.4. The number of halogens is 1. The number of nitrogens with one attached hydrogen (secondary N) is 1. The minimum Gasteiger partial charge on any atom is -0.463 e. The van der Waals surface area contributed by atoms with E-state index in [1.165, 1.54) is 18.2 Å². The van der Waals surface area contributed by atoms with Gasteiger partial charge in [0.2, 0.25) is 12.4 Å². The van der Waals surface area contributed by atoms with E-state index in [1.54, 1.807) is 6.92 Å². The van der Waals surface area contributed by atoms with Crippen molar-refractivity contribution in [3.05, 3.63) is 64.7 Å². The van der Waals surface area contributed by atoms with E-state index in [2.05, 4.69) is 5.32 Å². The lowest BCUT2D eigenvalue weighted by atomic mass is 9.98. The molecule has 1 aliphatic heterocycles. The van der Waals surface area contributed by atoms with Crippen LogP contribution in [0.5, 0.6) is 5.75 Å². The molecule has 2 aromatic rings. The summed E-state index contributed by atoms with van der Waals surface area (Å²) in [6.07, 6.45) is -7.00. The van der Waals surface area contributed by atoms with Gasteiger partial charge in [-0.05, 0) is 30.7 Å². The molecular formula is C29H32ClNO11. The van der Waals surface area contributed by atoms with Gasteiger partial charge in [-0.3, -0.25) is 24.0 Å². The molecular weight excluding hydrogens is 574 g/mol. The van der Waals surface area contributed by atoms with E-state index in [0.717, 1.165) is 33.3 Å². The van der Waals surface area contributed by atoms with Crippen molar-refractivity contribution in [3.8, 4) is 5.75 Å². The summed E-state index contributed by atoms with van der Waals surface area (Å²) in [6.45, 7) is 5.87. The summed E-state index contributed by atoms with van der Waals surface area (Å²) >= 11 is 6.21. The van der Waals surface area contributed by atoms with Crippen molar-refractivity contribution in [1.29, 1.82) is 0 Å². The molecule has 12 nitrogen and oxygen atoms in total. The van der Waals surface area contributed by atoms with Crippen LogP contribution < -0.4 is 10.1 Å². The summed E-state index contributed by atoms with van der Waals surface area (Å²) in [5, 5.41) is 3.12. The third-order valence-corrected chi connectivity index (χ3v) is 6.26. The first-order valence-corrected chi connectivity index (χ1v) is 13.4. The molecule has 0 bridgehead atoms. The van der Waals surface area contributed by atoms with Crippen LogP contribution in [0.15, 0.2) is 48.5 Å². The second-order valence-electron chi connectivity index (χ2n) is 9.43. The summed E-state index contributed by atoms with van der Waals surface area (Å²) in [5.41, 5.74) is 0.882. The first kappa shape index (κ1) is 32.4. The van der Waals surface area contributed by atoms with Crippen molar-refractivity contribution in [2.45, 2.75) is 71.4 Å². The molecule has 1 aliphatic rings. The monoisotopic (exact) mass is 605 g/mol. The van der Waals surface area contributed by atoms with Crippen LogP contribution in [0, 0.1) is 0 Å². The van der Waals surface area contributed by atoms with E-state index < -0.39 is 67.1 Å². The van der Waals surface area contributed by atoms with Gasteiger partial charge in [0.15, 0.2) is 12.2 Å². The highest BCUT2D eigenvalue weighted by Gasteiger charge is 2.53. The minimum atomic E-state index is -1.52. The van der Waals surface area contributed by atoms with E-state index in [9.17, 15) is 24.0 Å². The molecule has 0 radical (unpaired) electrons. The van der Waals surface area contributed by atoms with Crippen molar-refractivity contribution >= 4 is 41.4 Å². The van der Waals surface area contributed by atoms with Gasteiger partial charge in [-0.1, -0.05) is 41.9 Å². The van der Waals surface area contributed by atoms with E-state index >= 15 is 0 Å². The van der Waals surface area contributed by atoms with Gasteiger partial charge in [-0.2, -0.15) is 0 Å². The molecule has 226 valence electrons. The quantitative estimate of drug-likeness (QED) is 0.313. The second-order valence-corrected chi connectivity index (χ2v) is 9.87. The van der Waals surface area contributed by atoms with E-state index in [-0.39, 0.29) is 22.4 Å². The van der Waals surface area contributed by atoms with E-state index in [4.69, 9.17) is 40.0 Å². The zero-order valence-corrected chi connectivity index (χ0v) is 24.4. The summed E-state index contributed by atoms with van der Waals surface area (Å²) < 4.78 is 33.4. The summed E-state index contributed by atoms with van der Waals surface area (Å²) in [5.74, 6) is -3.55. The third-order valence-electron chi connectivity index (χ3n) is 6.02. The molecule has 1 heterocycles. The molecule has 6 unspecified atom stereocenters. The maximum Gasteiger partial charge on any atom is 0.303 e. The Morgan fingerprint density at radius 1 is 0.833 bits per heavy atom. The van der Waals surface area contributed by atoms with Crippen molar-refractivity contribution < 1.29 is 52.4 Å². The highest BCUT2D eigenvalue weighted by molar-refractivity contribution is 6.31. The predicted molar refractivity (Wildman–Crippen MR) is 146 cm³/mol. The Kier molecular flexibility index (Phi) is 11.3. The van der Waals surface area contributed by atoms with Crippen LogP contribution in [0.3, 0.4) is 0 Å². The average Bonchev–Trinajstić information content (AvgIpc) is 2.91. The fourth-order valence-electron chi connectivity index (χ4n) is 4.29. The molecule has 0 spiro atoms. The molecule has 0 saturated carbocycles. The standard InChI is InChI=1S/C29H32ClNO11/c1-15(20-9-7-6-8-10-20)31-28(36)22-13-21(30)11-12-23(22)41-29-27(40-19(5)35)26(39-18(4)34)25(38-17(3)33)24(42-29)14-37-16(2)32/h6-13,15,24-27,29H,14H2,1-5H3,(H,31,36). The highest BCUT2D eigenvalue weighted by Crippen LogP contribution is 2.33. The van der Waals surface area contributed by atoms with Crippen LogP contribution in [-0.2, 0) is 42.9 Å². The number of carbonyl (C=O) groups excluding carboxylic acids is 5. The number of rotatable bonds is 10. The molecule has 42 heavy (non-hydrogen) atoms. The Morgan fingerprint density at radius 2 is 1.43 bits per heavy atom. The van der Waals surface area contributed by atoms with Gasteiger partial charge in [0, 0.05) is 32.7 Å². The Labute approximate surface area is 247 Å². The zero-order valence-electron chi connectivity index (χ0n) is 23.7. The number of hydrogen-bond donors (Lipinski definition) is 1. The van der Waals surface area contributed by atoms with E-state index in [1.807, 2.05) is 30.3 Å². The van der Waals surface area contributed by atoms with Crippen LogP contribution in [0.25, 0.3) is 0 Å². The molecule has 1 N–H and O–H groups in total. The third kappa shape index (κ3) is 8.92. The molecule has 1 fully saturated rings. The topological polar surface area (TPSA) is 153 Å². The Bertz CT molecular complexity index is 1300. The van der Waals surface area contributed by atoms with Gasteiger partial charge in [-0.25, -0.2) is 0 Å². The number of amides is 1. The van der Waals surface area contributed by atoms with Gasteiger partial charge in [0.25, 0.3) is 5.91 Å². The zero-order chi connectivity index (χ0) is 31.0. The summed E-state index contributed by atoms with van der Waals surface area (Å²) in [6, 6.07) is 13.2. The molecule has 13 heteroatoms. The molecule has 1 saturated heterocycles. The van der Waals surface area contributed by atoms with Crippen LogP contribution >= 0.6 is 11.6 Å². The lowest BCUT2D eigenvalue weighted by molar-refractivity contribution is -0.288. The smallest absolute Gasteiger partial charge is 0.303 e. The van der Waals surface area contributed by atoms with Gasteiger partial charge in [-0.15, -0.1) is 0 Å². The van der Waals surface area contributed by atoms with Crippen molar-refractivity contribution in [1.82, 2.24) is 5.32 Å². The molecule has 1 amide bonds. The molecule has 0 aliphatic carbocycles. The normalized spacial score (nSPS) is 22.2.